The number of fused-ring (bicyclic) bond motifs is 1. The number of ether oxygens (including phenoxy) is 2. The summed E-state index contributed by atoms with van der Waals surface area (Å²) in [6.45, 7) is 5.92. The first-order chi connectivity index (χ1) is 12.9. The molecule has 9 heteroatoms. The van der Waals surface area contributed by atoms with Crippen LogP contribution in [0.4, 0.5) is 5.69 Å². The van der Waals surface area contributed by atoms with Crippen molar-refractivity contribution in [3.05, 3.63) is 35.2 Å². The summed E-state index contributed by atoms with van der Waals surface area (Å²) in [7, 11) is 3.12. The molecule has 0 aliphatic carbocycles. The van der Waals surface area contributed by atoms with Crippen molar-refractivity contribution < 1.29 is 14.3 Å². The number of rotatable bonds is 6. The molecule has 1 N–H and O–H groups in total. The Morgan fingerprint density at radius 2 is 1.96 bits per heavy atom. The Morgan fingerprint density at radius 3 is 2.67 bits per heavy atom. The number of carbonyl (C=O) groups is 1. The van der Waals surface area contributed by atoms with Gasteiger partial charge in [0.15, 0.2) is 0 Å². The van der Waals surface area contributed by atoms with E-state index in [-0.39, 0.29) is 11.7 Å². The number of anilines is 1. The molecule has 0 atom stereocenters. The van der Waals surface area contributed by atoms with Crippen LogP contribution < -0.4 is 14.8 Å². The smallest absolute Gasteiger partial charge is 0.253 e. The van der Waals surface area contributed by atoms with Gasteiger partial charge in [0.05, 0.1) is 25.7 Å². The first-order valence-electron chi connectivity index (χ1n) is 8.28. The Labute approximate surface area is 161 Å². The molecule has 0 fully saturated rings. The molecular formula is C18H21N5O3S. The SMILES string of the molecule is COc1ccc(NC(=O)CSc2nc3nc(C)c(C)c(C)n3n2)c(OC)c1. The monoisotopic (exact) mass is 387 g/mol. The minimum Gasteiger partial charge on any atom is -0.497 e. The van der Waals surface area contributed by atoms with Gasteiger partial charge in [0.25, 0.3) is 5.78 Å². The summed E-state index contributed by atoms with van der Waals surface area (Å²) < 4.78 is 12.1. The average Bonchev–Trinajstić information content (AvgIpc) is 3.08. The maximum atomic E-state index is 12.3. The maximum Gasteiger partial charge on any atom is 0.253 e. The predicted octanol–water partition coefficient (Wildman–Crippen LogP) is 2.80. The molecule has 1 amide bonds. The quantitative estimate of drug-likeness (QED) is 0.650. The third-order valence-electron chi connectivity index (χ3n) is 4.26. The van der Waals surface area contributed by atoms with E-state index in [1.807, 2.05) is 20.8 Å². The zero-order valence-electron chi connectivity index (χ0n) is 15.9. The van der Waals surface area contributed by atoms with Crippen LogP contribution in [0.25, 0.3) is 5.78 Å². The molecule has 2 heterocycles. The number of nitrogens with zero attached hydrogens (tertiary/aromatic N) is 4. The Hall–Kier alpha value is -2.81. The van der Waals surface area contributed by atoms with Crippen LogP contribution in [0.2, 0.25) is 0 Å². The van der Waals surface area contributed by atoms with Gasteiger partial charge in [-0.3, -0.25) is 4.79 Å². The number of benzene rings is 1. The molecular weight excluding hydrogens is 366 g/mol. The van der Waals surface area contributed by atoms with Gasteiger partial charge in [-0.05, 0) is 38.5 Å². The van der Waals surface area contributed by atoms with Crippen molar-refractivity contribution in [3.8, 4) is 11.5 Å². The van der Waals surface area contributed by atoms with E-state index in [1.54, 1.807) is 36.9 Å². The van der Waals surface area contributed by atoms with Gasteiger partial charge in [0.2, 0.25) is 11.1 Å². The lowest BCUT2D eigenvalue weighted by Gasteiger charge is -2.11. The van der Waals surface area contributed by atoms with Gasteiger partial charge in [-0.15, -0.1) is 5.10 Å². The van der Waals surface area contributed by atoms with E-state index in [9.17, 15) is 4.79 Å². The number of methoxy groups -OCH3 is 2. The third-order valence-corrected chi connectivity index (χ3v) is 5.09. The normalized spacial score (nSPS) is 10.9. The maximum absolute atomic E-state index is 12.3. The van der Waals surface area contributed by atoms with E-state index in [1.165, 1.54) is 11.8 Å². The second-order valence-electron chi connectivity index (χ2n) is 5.92. The van der Waals surface area contributed by atoms with E-state index in [0.29, 0.717) is 28.1 Å². The van der Waals surface area contributed by atoms with Gasteiger partial charge in [-0.2, -0.15) is 4.98 Å². The topological polar surface area (TPSA) is 90.6 Å². The molecule has 0 saturated carbocycles. The molecule has 0 radical (unpaired) electrons. The van der Waals surface area contributed by atoms with E-state index >= 15 is 0 Å². The van der Waals surface area contributed by atoms with Crippen molar-refractivity contribution in [3.63, 3.8) is 0 Å². The lowest BCUT2D eigenvalue weighted by molar-refractivity contribution is -0.113. The zero-order valence-corrected chi connectivity index (χ0v) is 16.7. The van der Waals surface area contributed by atoms with Crippen LogP contribution in [0.1, 0.15) is 17.0 Å². The van der Waals surface area contributed by atoms with Gasteiger partial charge in [0.1, 0.15) is 11.5 Å². The molecule has 0 aliphatic rings. The highest BCUT2D eigenvalue weighted by molar-refractivity contribution is 7.99. The van der Waals surface area contributed by atoms with Crippen LogP contribution in [0.5, 0.6) is 11.5 Å². The van der Waals surface area contributed by atoms with Crippen molar-refractivity contribution in [1.29, 1.82) is 0 Å². The summed E-state index contributed by atoms with van der Waals surface area (Å²) in [6.07, 6.45) is 0. The number of hydrogen-bond acceptors (Lipinski definition) is 7. The Morgan fingerprint density at radius 1 is 1.19 bits per heavy atom. The van der Waals surface area contributed by atoms with Crippen molar-refractivity contribution in [2.45, 2.75) is 25.9 Å². The summed E-state index contributed by atoms with van der Waals surface area (Å²) in [5.74, 6) is 1.71. The average molecular weight is 387 g/mol. The van der Waals surface area contributed by atoms with Crippen LogP contribution in [0.3, 0.4) is 0 Å². The molecule has 27 heavy (non-hydrogen) atoms. The number of hydrogen-bond donors (Lipinski definition) is 1. The summed E-state index contributed by atoms with van der Waals surface area (Å²) in [5.41, 5.74) is 3.57. The first kappa shape index (κ1) is 19.0. The molecule has 1 aromatic carbocycles. The van der Waals surface area contributed by atoms with Gasteiger partial charge in [-0.1, -0.05) is 11.8 Å². The molecule has 142 valence electrons. The molecule has 8 nitrogen and oxygen atoms in total. The van der Waals surface area contributed by atoms with Gasteiger partial charge < -0.3 is 14.8 Å². The van der Waals surface area contributed by atoms with E-state index in [2.05, 4.69) is 20.4 Å². The molecule has 0 aliphatic heterocycles. The highest BCUT2D eigenvalue weighted by Gasteiger charge is 2.14. The van der Waals surface area contributed by atoms with Gasteiger partial charge >= 0.3 is 0 Å². The third kappa shape index (κ3) is 3.97. The summed E-state index contributed by atoms with van der Waals surface area (Å²) in [6, 6.07) is 5.21. The molecule has 3 rings (SSSR count). The largest absolute Gasteiger partial charge is 0.497 e. The van der Waals surface area contributed by atoms with Crippen molar-refractivity contribution in [2.24, 2.45) is 0 Å². The van der Waals surface area contributed by atoms with Crippen molar-refractivity contribution in [1.82, 2.24) is 19.6 Å². The van der Waals surface area contributed by atoms with Crippen LogP contribution >= 0.6 is 11.8 Å². The lowest BCUT2D eigenvalue weighted by atomic mass is 10.2. The fourth-order valence-corrected chi connectivity index (χ4v) is 3.13. The van der Waals surface area contributed by atoms with E-state index in [4.69, 9.17) is 9.47 Å². The number of aromatic nitrogens is 4. The number of nitrogens with one attached hydrogen (secondary N) is 1. The summed E-state index contributed by atoms with van der Waals surface area (Å²) in [5, 5.41) is 7.77. The number of thioether (sulfide) groups is 1. The molecule has 0 bridgehead atoms. The van der Waals surface area contributed by atoms with Crippen molar-refractivity contribution in [2.75, 3.05) is 25.3 Å². The van der Waals surface area contributed by atoms with Gasteiger partial charge in [0, 0.05) is 17.5 Å². The molecule has 2 aromatic heterocycles. The fraction of sp³-hybridized carbons (Fsp3) is 0.333. The van der Waals surface area contributed by atoms with Crippen LogP contribution in [0.15, 0.2) is 23.4 Å². The molecule has 0 unspecified atom stereocenters. The highest BCUT2D eigenvalue weighted by Crippen LogP contribution is 2.29. The Balaban J connectivity index is 1.69. The summed E-state index contributed by atoms with van der Waals surface area (Å²) in [4.78, 5) is 21.1. The fourth-order valence-electron chi connectivity index (χ4n) is 2.52. The Kier molecular flexibility index (Phi) is 5.50. The zero-order chi connectivity index (χ0) is 19.6. The highest BCUT2D eigenvalue weighted by atomic mass is 32.2. The molecule has 3 aromatic rings. The molecule has 0 saturated heterocycles. The first-order valence-corrected chi connectivity index (χ1v) is 9.26. The molecule has 0 spiro atoms. The van der Waals surface area contributed by atoms with Crippen LogP contribution in [0, 0.1) is 20.8 Å². The number of carbonyl (C=O) groups excluding carboxylic acids is 1. The standard InChI is InChI=1S/C18H21N5O3S/c1-10-11(2)19-17-21-18(22-23(17)12(10)3)27-9-16(24)20-14-7-6-13(25-4)8-15(14)26-5/h6-8H,9H2,1-5H3,(H,20,24). The van der Waals surface area contributed by atoms with E-state index in [0.717, 1.165) is 17.0 Å². The van der Waals surface area contributed by atoms with Crippen LogP contribution in [-0.4, -0.2) is 45.5 Å². The minimum absolute atomic E-state index is 0.170. The second-order valence-corrected chi connectivity index (χ2v) is 6.86. The second kappa shape index (κ2) is 7.83. The predicted molar refractivity (Wildman–Crippen MR) is 104 cm³/mol. The number of aryl methyl sites for hydroxylation is 2. The van der Waals surface area contributed by atoms with E-state index < -0.39 is 0 Å². The Bertz CT molecular complexity index is 1000. The minimum atomic E-state index is -0.181. The van der Waals surface area contributed by atoms with Crippen LogP contribution in [-0.2, 0) is 4.79 Å². The van der Waals surface area contributed by atoms with Crippen molar-refractivity contribution >= 4 is 29.1 Å². The number of amides is 1. The van der Waals surface area contributed by atoms with Gasteiger partial charge in [-0.25, -0.2) is 9.50 Å². The lowest BCUT2D eigenvalue weighted by Crippen LogP contribution is -2.14. The summed E-state index contributed by atoms with van der Waals surface area (Å²) >= 11 is 1.25.